The fourth-order valence-corrected chi connectivity index (χ4v) is 1.65. The summed E-state index contributed by atoms with van der Waals surface area (Å²) in [4.78, 5) is 25.2. The molecule has 0 saturated heterocycles. The number of carboxylic acid groups (broad SMARTS) is 1. The molecule has 0 amide bonds. The second kappa shape index (κ2) is 5.87. The molecule has 0 aliphatic carbocycles. The average molecular weight is 289 g/mol. The van der Waals surface area contributed by atoms with E-state index >= 15 is 0 Å². The van der Waals surface area contributed by atoms with E-state index in [2.05, 4.69) is 10.3 Å². The number of hydrogen-bond acceptors (Lipinski definition) is 6. The number of rotatable bonds is 5. The van der Waals surface area contributed by atoms with Gasteiger partial charge >= 0.3 is 5.97 Å². The Balaban J connectivity index is 2.34. The van der Waals surface area contributed by atoms with E-state index in [1.807, 2.05) is 0 Å². The third-order valence-electron chi connectivity index (χ3n) is 2.67. The average Bonchev–Trinajstić information content (AvgIpc) is 2.48. The third kappa shape index (κ3) is 3.24. The second-order valence-electron chi connectivity index (χ2n) is 4.01. The molecule has 1 heterocycles. The number of nitro groups is 1. The number of hydrogen-bond donors (Lipinski definition) is 2. The smallest absolute Gasteiger partial charge is 0.335 e. The minimum atomic E-state index is -1.23. The predicted molar refractivity (Wildman–Crippen MR) is 74.1 cm³/mol. The van der Waals surface area contributed by atoms with E-state index in [0.29, 0.717) is 11.6 Å². The molecule has 0 fully saturated rings. The van der Waals surface area contributed by atoms with Crippen LogP contribution in [0.15, 0.2) is 36.5 Å². The zero-order chi connectivity index (χ0) is 15.4. The summed E-state index contributed by atoms with van der Waals surface area (Å²) in [6.07, 6.45) is 1.45. The molecule has 2 N–H and O–H groups in total. The Labute approximate surface area is 119 Å². The van der Waals surface area contributed by atoms with E-state index in [1.165, 1.54) is 25.4 Å². The molecule has 2 aromatic rings. The lowest BCUT2D eigenvalue weighted by Gasteiger charge is -2.08. The van der Waals surface area contributed by atoms with Crippen LogP contribution in [-0.4, -0.2) is 28.1 Å². The van der Waals surface area contributed by atoms with Crippen LogP contribution in [0.5, 0.6) is 5.88 Å². The number of benzene rings is 1. The van der Waals surface area contributed by atoms with E-state index in [9.17, 15) is 14.9 Å². The number of nitro benzene ring substituents is 1. The van der Waals surface area contributed by atoms with Crippen LogP contribution in [0.3, 0.4) is 0 Å². The molecule has 21 heavy (non-hydrogen) atoms. The molecule has 0 radical (unpaired) electrons. The van der Waals surface area contributed by atoms with E-state index in [-0.39, 0.29) is 16.9 Å². The standard InChI is InChI=1S/C13H11N3O5/c1-21-12-5-3-9(7-14-12)15-10-4-2-8(13(17)18)6-11(10)16(19)20/h2-7,15H,1H3,(H,17,18). The maximum Gasteiger partial charge on any atom is 0.335 e. The highest BCUT2D eigenvalue weighted by Gasteiger charge is 2.17. The number of ether oxygens (including phenoxy) is 1. The van der Waals surface area contributed by atoms with Crippen molar-refractivity contribution in [2.24, 2.45) is 0 Å². The van der Waals surface area contributed by atoms with Crippen molar-refractivity contribution in [2.75, 3.05) is 12.4 Å². The summed E-state index contributed by atoms with van der Waals surface area (Å²) in [5, 5.41) is 22.7. The molecule has 2 rings (SSSR count). The van der Waals surface area contributed by atoms with Crippen molar-refractivity contribution < 1.29 is 19.6 Å². The van der Waals surface area contributed by atoms with Gasteiger partial charge in [0.1, 0.15) is 5.69 Å². The zero-order valence-electron chi connectivity index (χ0n) is 10.9. The molecule has 0 spiro atoms. The molecular formula is C13H11N3O5. The SMILES string of the molecule is COc1ccc(Nc2ccc(C(=O)O)cc2[N+](=O)[O-])cn1. The van der Waals surface area contributed by atoms with Crippen LogP contribution in [0.25, 0.3) is 0 Å². The van der Waals surface area contributed by atoms with E-state index < -0.39 is 10.9 Å². The Morgan fingerprint density at radius 2 is 2.14 bits per heavy atom. The van der Waals surface area contributed by atoms with Gasteiger partial charge in [-0.25, -0.2) is 9.78 Å². The molecule has 0 bridgehead atoms. The van der Waals surface area contributed by atoms with Crippen molar-refractivity contribution in [3.8, 4) is 5.88 Å². The van der Waals surface area contributed by atoms with E-state index in [0.717, 1.165) is 6.07 Å². The summed E-state index contributed by atoms with van der Waals surface area (Å²) in [5.41, 5.74) is 0.213. The number of carbonyl (C=O) groups is 1. The number of nitrogens with one attached hydrogen (secondary N) is 1. The Morgan fingerprint density at radius 3 is 2.67 bits per heavy atom. The van der Waals surface area contributed by atoms with Crippen molar-refractivity contribution >= 4 is 23.0 Å². The minimum absolute atomic E-state index is 0.153. The van der Waals surface area contributed by atoms with E-state index in [1.54, 1.807) is 12.1 Å². The fraction of sp³-hybridized carbons (Fsp3) is 0.0769. The summed E-state index contributed by atoms with van der Waals surface area (Å²) < 4.78 is 4.91. The highest BCUT2D eigenvalue weighted by Crippen LogP contribution is 2.28. The lowest BCUT2D eigenvalue weighted by molar-refractivity contribution is -0.383. The number of anilines is 2. The first-order valence-corrected chi connectivity index (χ1v) is 5.80. The lowest BCUT2D eigenvalue weighted by atomic mass is 10.1. The van der Waals surface area contributed by atoms with Crippen LogP contribution in [0.1, 0.15) is 10.4 Å². The highest BCUT2D eigenvalue weighted by molar-refractivity contribution is 5.90. The third-order valence-corrected chi connectivity index (χ3v) is 2.67. The van der Waals surface area contributed by atoms with Gasteiger partial charge in [-0.2, -0.15) is 0 Å². The Morgan fingerprint density at radius 1 is 1.38 bits per heavy atom. The monoisotopic (exact) mass is 289 g/mol. The molecule has 8 nitrogen and oxygen atoms in total. The molecule has 0 unspecified atom stereocenters. The second-order valence-corrected chi connectivity index (χ2v) is 4.01. The largest absolute Gasteiger partial charge is 0.481 e. The summed E-state index contributed by atoms with van der Waals surface area (Å²) in [5.74, 6) is -0.813. The Bertz CT molecular complexity index is 685. The summed E-state index contributed by atoms with van der Waals surface area (Å²) in [6.45, 7) is 0. The van der Waals surface area contributed by atoms with Gasteiger partial charge in [0.15, 0.2) is 0 Å². The van der Waals surface area contributed by atoms with Crippen molar-refractivity contribution in [3.05, 3.63) is 52.2 Å². The van der Waals surface area contributed by atoms with Crippen LogP contribution >= 0.6 is 0 Å². The van der Waals surface area contributed by atoms with Crippen molar-refractivity contribution in [1.82, 2.24) is 4.98 Å². The topological polar surface area (TPSA) is 115 Å². The van der Waals surface area contributed by atoms with Crippen molar-refractivity contribution in [3.63, 3.8) is 0 Å². The number of aromatic nitrogens is 1. The first kappa shape index (κ1) is 14.3. The molecule has 1 aromatic carbocycles. The van der Waals surface area contributed by atoms with Gasteiger partial charge in [-0.1, -0.05) is 0 Å². The maximum atomic E-state index is 11.0. The van der Waals surface area contributed by atoms with Gasteiger partial charge in [0.05, 0.1) is 29.5 Å². The summed E-state index contributed by atoms with van der Waals surface area (Å²) in [6, 6.07) is 6.86. The van der Waals surface area contributed by atoms with Gasteiger partial charge in [-0.05, 0) is 18.2 Å². The Hall–Kier alpha value is -3.16. The highest BCUT2D eigenvalue weighted by atomic mass is 16.6. The maximum absolute atomic E-state index is 11.0. The molecule has 0 saturated carbocycles. The van der Waals surface area contributed by atoms with Gasteiger partial charge in [-0.3, -0.25) is 10.1 Å². The molecular weight excluding hydrogens is 278 g/mol. The lowest BCUT2D eigenvalue weighted by Crippen LogP contribution is -2.02. The van der Waals surface area contributed by atoms with Crippen LogP contribution in [0, 0.1) is 10.1 Å². The quantitative estimate of drug-likeness (QED) is 0.641. The summed E-state index contributed by atoms with van der Waals surface area (Å²) >= 11 is 0. The molecule has 0 atom stereocenters. The van der Waals surface area contributed by atoms with Gasteiger partial charge in [0.2, 0.25) is 5.88 Å². The first-order valence-electron chi connectivity index (χ1n) is 5.80. The van der Waals surface area contributed by atoms with Crippen LogP contribution in [0.4, 0.5) is 17.1 Å². The fourth-order valence-electron chi connectivity index (χ4n) is 1.65. The molecule has 0 aliphatic heterocycles. The number of aromatic carboxylic acids is 1. The number of pyridine rings is 1. The Kier molecular flexibility index (Phi) is 3.98. The molecule has 8 heteroatoms. The van der Waals surface area contributed by atoms with Gasteiger partial charge in [-0.15, -0.1) is 0 Å². The van der Waals surface area contributed by atoms with Crippen molar-refractivity contribution in [2.45, 2.75) is 0 Å². The molecule has 1 aromatic heterocycles. The van der Waals surface area contributed by atoms with E-state index in [4.69, 9.17) is 9.84 Å². The first-order chi connectivity index (χ1) is 10.0. The molecule has 0 aliphatic rings. The number of carboxylic acids is 1. The minimum Gasteiger partial charge on any atom is -0.481 e. The molecule has 108 valence electrons. The predicted octanol–water partition coefficient (Wildman–Crippen LogP) is 2.44. The zero-order valence-corrected chi connectivity index (χ0v) is 10.9. The van der Waals surface area contributed by atoms with Crippen LogP contribution < -0.4 is 10.1 Å². The van der Waals surface area contributed by atoms with Crippen LogP contribution in [0.2, 0.25) is 0 Å². The van der Waals surface area contributed by atoms with Gasteiger partial charge in [0.25, 0.3) is 5.69 Å². The number of nitrogens with zero attached hydrogens (tertiary/aromatic N) is 2. The normalized spacial score (nSPS) is 9.95. The summed E-state index contributed by atoms with van der Waals surface area (Å²) in [7, 11) is 1.48. The van der Waals surface area contributed by atoms with Gasteiger partial charge in [0, 0.05) is 12.1 Å². The van der Waals surface area contributed by atoms with Gasteiger partial charge < -0.3 is 15.2 Å². The van der Waals surface area contributed by atoms with Crippen molar-refractivity contribution in [1.29, 1.82) is 0 Å². The van der Waals surface area contributed by atoms with Crippen LogP contribution in [-0.2, 0) is 0 Å². The number of methoxy groups -OCH3 is 1.